The fraction of sp³-hybridized carbons (Fsp3) is 0.269. The van der Waals surface area contributed by atoms with Crippen LogP contribution in [-0.2, 0) is 7.05 Å². The molecule has 0 aliphatic heterocycles. The number of benzene rings is 3. The zero-order valence-electron chi connectivity index (χ0n) is 18.4. The van der Waals surface area contributed by atoms with Crippen LogP contribution >= 0.6 is 0 Å². The Morgan fingerprint density at radius 1 is 0.724 bits per heavy atom. The first kappa shape index (κ1) is 21.3. The molecule has 0 radical (unpaired) electrons. The second-order valence-corrected chi connectivity index (χ2v) is 8.27. The van der Waals surface area contributed by atoms with Crippen LogP contribution in [0.5, 0.6) is 0 Å². The highest BCUT2D eigenvalue weighted by molar-refractivity contribution is 6.10. The second-order valence-electron chi connectivity index (χ2n) is 8.27. The van der Waals surface area contributed by atoms with Crippen LogP contribution < -0.4 is 26.4 Å². The van der Waals surface area contributed by atoms with E-state index in [-0.39, 0.29) is 17.0 Å². The topological polar surface area (TPSA) is 7.12 Å². The van der Waals surface area contributed by atoms with Crippen molar-refractivity contribution < 1.29 is 21.5 Å². The summed E-state index contributed by atoms with van der Waals surface area (Å²) in [5.74, 6) is 0. The van der Waals surface area contributed by atoms with Crippen LogP contribution in [0.3, 0.4) is 0 Å². The van der Waals surface area contributed by atoms with Gasteiger partial charge in [-0.3, -0.25) is 0 Å². The molecule has 0 unspecified atom stereocenters. The van der Waals surface area contributed by atoms with Gasteiger partial charge in [-0.1, -0.05) is 29.8 Å². The number of rotatable bonds is 2. The summed E-state index contributed by atoms with van der Waals surface area (Å²) in [4.78, 5) is 2.17. The van der Waals surface area contributed by atoms with E-state index < -0.39 is 0 Å². The predicted molar refractivity (Wildman–Crippen MR) is 121 cm³/mol. The molecule has 2 nitrogen and oxygen atoms in total. The van der Waals surface area contributed by atoms with Crippen molar-refractivity contribution >= 4 is 27.5 Å². The van der Waals surface area contributed by atoms with Gasteiger partial charge in [-0.15, -0.1) is 0 Å². The molecule has 0 spiro atoms. The van der Waals surface area contributed by atoms with E-state index in [1.807, 2.05) is 0 Å². The number of fused-ring (bicyclic) bond motifs is 2. The minimum Gasteiger partial charge on any atom is -1.00 e. The normalized spacial score (nSPS) is 11.0. The zero-order valence-corrected chi connectivity index (χ0v) is 20.0. The van der Waals surface area contributed by atoms with Crippen LogP contribution in [-0.4, -0.2) is 14.1 Å². The largest absolute Gasteiger partial charge is 1.00 e. The highest BCUT2D eigenvalue weighted by atomic mass is 79.9. The maximum Gasteiger partial charge on any atom is 0.215 e. The Bertz CT molecular complexity index is 1220. The van der Waals surface area contributed by atoms with E-state index in [1.54, 1.807) is 0 Å². The quantitative estimate of drug-likeness (QED) is 0.337. The molecule has 0 saturated heterocycles. The first-order valence-corrected chi connectivity index (χ1v) is 9.90. The third-order valence-corrected chi connectivity index (χ3v) is 5.92. The third-order valence-electron chi connectivity index (χ3n) is 5.92. The molecular weight excluding hydrogens is 420 g/mol. The number of aromatic nitrogens is 1. The summed E-state index contributed by atoms with van der Waals surface area (Å²) in [6, 6.07) is 18.1. The summed E-state index contributed by atoms with van der Waals surface area (Å²) in [5, 5.41) is 2.66. The number of halogens is 1. The van der Waals surface area contributed by atoms with Gasteiger partial charge < -0.3 is 21.9 Å². The average Bonchev–Trinajstić information content (AvgIpc) is 2.63. The van der Waals surface area contributed by atoms with Gasteiger partial charge in [0.2, 0.25) is 11.0 Å². The number of pyridine rings is 1. The van der Waals surface area contributed by atoms with E-state index in [9.17, 15) is 0 Å². The first-order chi connectivity index (χ1) is 13.3. The number of hydrogen-bond acceptors (Lipinski definition) is 1. The van der Waals surface area contributed by atoms with Crippen molar-refractivity contribution in [2.45, 2.75) is 27.7 Å². The average molecular weight is 449 g/mol. The van der Waals surface area contributed by atoms with Gasteiger partial charge >= 0.3 is 0 Å². The Morgan fingerprint density at radius 2 is 1.38 bits per heavy atom. The van der Waals surface area contributed by atoms with Gasteiger partial charge in [0.05, 0.1) is 10.8 Å². The maximum absolute atomic E-state index is 2.34. The maximum atomic E-state index is 2.34. The highest BCUT2D eigenvalue weighted by Crippen LogP contribution is 2.40. The number of nitrogens with zero attached hydrogens (tertiary/aromatic N) is 2. The Kier molecular flexibility index (Phi) is 5.73. The molecule has 0 aliphatic carbocycles. The molecule has 0 atom stereocenters. The lowest BCUT2D eigenvalue weighted by atomic mass is 9.87. The molecule has 1 heterocycles. The molecule has 4 rings (SSSR count). The van der Waals surface area contributed by atoms with E-state index in [0.717, 1.165) is 0 Å². The fourth-order valence-corrected chi connectivity index (χ4v) is 4.64. The SMILES string of the molecule is Cc1cc(C)c(-c2c3ccc(N(C)C)cc3[n+](C)c3cccc(C)c23)c(C)c1.[Br-]. The Morgan fingerprint density at radius 3 is 2.00 bits per heavy atom. The predicted octanol–water partition coefficient (Wildman–Crippen LogP) is 2.79. The van der Waals surface area contributed by atoms with Gasteiger partial charge in [0.25, 0.3) is 0 Å². The van der Waals surface area contributed by atoms with Gasteiger partial charge in [-0.25, -0.2) is 0 Å². The lowest BCUT2D eigenvalue weighted by molar-refractivity contribution is -0.617. The summed E-state index contributed by atoms with van der Waals surface area (Å²) < 4.78 is 2.34. The van der Waals surface area contributed by atoms with Crippen molar-refractivity contribution in [2.75, 3.05) is 19.0 Å². The van der Waals surface area contributed by atoms with E-state index in [1.165, 1.54) is 60.9 Å². The van der Waals surface area contributed by atoms with Crippen LogP contribution in [0.15, 0.2) is 48.5 Å². The van der Waals surface area contributed by atoms with Crippen molar-refractivity contribution in [1.29, 1.82) is 0 Å². The fourth-order valence-electron chi connectivity index (χ4n) is 4.64. The minimum absolute atomic E-state index is 0. The molecule has 0 saturated carbocycles. The van der Waals surface area contributed by atoms with Crippen molar-refractivity contribution in [3.8, 4) is 11.1 Å². The lowest BCUT2D eigenvalue weighted by Gasteiger charge is -2.18. The molecule has 1 aromatic heterocycles. The molecule has 0 bridgehead atoms. The van der Waals surface area contributed by atoms with E-state index in [0.29, 0.717) is 0 Å². The third kappa shape index (κ3) is 3.42. The monoisotopic (exact) mass is 448 g/mol. The van der Waals surface area contributed by atoms with Gasteiger partial charge in [0.15, 0.2) is 0 Å². The number of aryl methyl sites for hydroxylation is 5. The Hall–Kier alpha value is -2.39. The number of hydrogen-bond donors (Lipinski definition) is 0. The van der Waals surface area contributed by atoms with Crippen LogP contribution in [0.1, 0.15) is 22.3 Å². The Balaban J connectivity index is 0.00000240. The summed E-state index contributed by atoms with van der Waals surface area (Å²) in [5.41, 5.74) is 11.8. The smallest absolute Gasteiger partial charge is 0.215 e. The standard InChI is InChI=1S/C26H29N2.BrH/c1-16-13-18(3)24(19(4)14-16)26-21-12-11-20(27(5)6)15-23(21)28(7)22-10-8-9-17(2)25(22)26;/h8-15H,1-7H3;1H/q+1;/p-1. The minimum atomic E-state index is 0. The van der Waals surface area contributed by atoms with Crippen LogP contribution in [0.4, 0.5) is 5.69 Å². The van der Waals surface area contributed by atoms with Gasteiger partial charge in [-0.2, -0.15) is 4.57 Å². The van der Waals surface area contributed by atoms with Crippen molar-refractivity contribution in [1.82, 2.24) is 0 Å². The molecule has 150 valence electrons. The first-order valence-electron chi connectivity index (χ1n) is 9.90. The van der Waals surface area contributed by atoms with Crippen LogP contribution in [0.2, 0.25) is 0 Å². The molecule has 0 amide bonds. The molecule has 0 N–H and O–H groups in total. The van der Waals surface area contributed by atoms with Gasteiger partial charge in [0, 0.05) is 37.5 Å². The van der Waals surface area contributed by atoms with Crippen LogP contribution in [0.25, 0.3) is 32.9 Å². The molecule has 0 fully saturated rings. The molecule has 3 heteroatoms. The van der Waals surface area contributed by atoms with E-state index >= 15 is 0 Å². The summed E-state index contributed by atoms with van der Waals surface area (Å²) in [6.07, 6.45) is 0. The summed E-state index contributed by atoms with van der Waals surface area (Å²) in [6.45, 7) is 8.89. The highest BCUT2D eigenvalue weighted by Gasteiger charge is 2.23. The molecule has 3 aromatic carbocycles. The summed E-state index contributed by atoms with van der Waals surface area (Å²) >= 11 is 0. The second kappa shape index (κ2) is 7.79. The molecule has 4 aromatic rings. The Labute approximate surface area is 184 Å². The van der Waals surface area contributed by atoms with E-state index in [4.69, 9.17) is 0 Å². The van der Waals surface area contributed by atoms with Crippen molar-refractivity contribution in [2.24, 2.45) is 7.05 Å². The molecule has 0 aliphatic rings. The van der Waals surface area contributed by atoms with Crippen molar-refractivity contribution in [3.63, 3.8) is 0 Å². The van der Waals surface area contributed by atoms with Crippen molar-refractivity contribution in [3.05, 3.63) is 70.8 Å². The molecular formula is C26H29BrN2. The lowest BCUT2D eigenvalue weighted by Crippen LogP contribution is -3.00. The van der Waals surface area contributed by atoms with Crippen LogP contribution in [0, 0.1) is 27.7 Å². The van der Waals surface area contributed by atoms with Gasteiger partial charge in [0.1, 0.15) is 7.05 Å². The molecule has 29 heavy (non-hydrogen) atoms. The van der Waals surface area contributed by atoms with E-state index in [2.05, 4.69) is 107 Å². The summed E-state index contributed by atoms with van der Waals surface area (Å²) in [7, 11) is 6.38. The zero-order chi connectivity index (χ0) is 20.2. The van der Waals surface area contributed by atoms with Gasteiger partial charge in [-0.05, 0) is 62.1 Å². The number of anilines is 1.